The second kappa shape index (κ2) is 6.62. The molecular formula is C16H15ClN2O2S. The molecule has 0 amide bonds. The van der Waals surface area contributed by atoms with Crippen molar-refractivity contribution >= 4 is 22.9 Å². The van der Waals surface area contributed by atoms with E-state index in [4.69, 9.17) is 21.1 Å². The number of hydrogen-bond acceptors (Lipinski definition) is 4. The van der Waals surface area contributed by atoms with Crippen LogP contribution in [0.4, 0.5) is 0 Å². The normalized spacial score (nSPS) is 11.3. The molecule has 0 unspecified atom stereocenters. The van der Waals surface area contributed by atoms with E-state index in [1.165, 1.54) is 0 Å². The molecule has 114 valence electrons. The van der Waals surface area contributed by atoms with Gasteiger partial charge in [0, 0.05) is 24.8 Å². The van der Waals surface area contributed by atoms with Crippen LogP contribution in [0.1, 0.15) is 6.41 Å². The van der Waals surface area contributed by atoms with Gasteiger partial charge in [-0.05, 0) is 29.6 Å². The highest BCUT2D eigenvalue weighted by atomic mass is 35.5. The molecule has 1 aromatic carbocycles. The minimum atomic E-state index is -0.584. The number of rotatable bonds is 5. The minimum Gasteiger partial charge on any atom is -0.337 e. The maximum atomic E-state index is 5.97. The molecule has 0 fully saturated rings. The summed E-state index contributed by atoms with van der Waals surface area (Å²) in [6.45, 7) is 0. The Bertz CT molecular complexity index is 734. The fraction of sp³-hybridized carbons (Fsp3) is 0.188. The second-order valence-corrected chi connectivity index (χ2v) is 6.01. The lowest BCUT2D eigenvalue weighted by atomic mass is 10.1. The summed E-state index contributed by atoms with van der Waals surface area (Å²) in [6.07, 6.45) is -0.584. The number of thiophene rings is 1. The molecule has 0 radical (unpaired) electrons. The fourth-order valence-corrected chi connectivity index (χ4v) is 3.04. The molecule has 0 saturated carbocycles. The first-order valence-electron chi connectivity index (χ1n) is 6.68. The van der Waals surface area contributed by atoms with Crippen molar-refractivity contribution in [2.24, 2.45) is 0 Å². The van der Waals surface area contributed by atoms with Crippen LogP contribution in [-0.2, 0) is 9.47 Å². The van der Waals surface area contributed by atoms with Gasteiger partial charge < -0.3 is 9.47 Å². The Morgan fingerprint density at radius 1 is 1.14 bits per heavy atom. The maximum Gasteiger partial charge on any atom is 0.259 e. The van der Waals surface area contributed by atoms with Gasteiger partial charge in [0.05, 0.1) is 10.6 Å². The third-order valence-corrected chi connectivity index (χ3v) is 4.40. The summed E-state index contributed by atoms with van der Waals surface area (Å²) >= 11 is 7.62. The predicted octanol–water partition coefficient (Wildman–Crippen LogP) is 4.68. The number of benzene rings is 1. The summed E-state index contributed by atoms with van der Waals surface area (Å²) < 4.78 is 12.4. The van der Waals surface area contributed by atoms with Gasteiger partial charge in [-0.15, -0.1) is 11.3 Å². The van der Waals surface area contributed by atoms with Crippen LogP contribution in [0.5, 0.6) is 0 Å². The van der Waals surface area contributed by atoms with E-state index in [9.17, 15) is 0 Å². The molecule has 6 heteroatoms. The first-order chi connectivity index (χ1) is 10.7. The van der Waals surface area contributed by atoms with Crippen LogP contribution < -0.4 is 0 Å². The van der Waals surface area contributed by atoms with E-state index in [1.54, 1.807) is 30.2 Å². The predicted molar refractivity (Wildman–Crippen MR) is 89.0 cm³/mol. The molecule has 3 aromatic rings. The van der Waals surface area contributed by atoms with Gasteiger partial charge in [0.25, 0.3) is 6.41 Å². The molecule has 0 N–H and O–H groups in total. The van der Waals surface area contributed by atoms with Crippen molar-refractivity contribution < 1.29 is 9.47 Å². The number of halogens is 1. The van der Waals surface area contributed by atoms with Gasteiger partial charge in [0.1, 0.15) is 5.69 Å². The van der Waals surface area contributed by atoms with Crippen molar-refractivity contribution in [2.45, 2.75) is 6.41 Å². The highest BCUT2D eigenvalue weighted by molar-refractivity contribution is 7.13. The molecule has 0 aliphatic heterocycles. The Kier molecular flexibility index (Phi) is 4.59. The summed E-state index contributed by atoms with van der Waals surface area (Å²) in [5.41, 5.74) is 2.80. The SMILES string of the molecule is COC(OC)n1nc(-c2cccs2)cc1-c1ccc(Cl)cc1. The lowest BCUT2D eigenvalue weighted by Gasteiger charge is -2.16. The van der Waals surface area contributed by atoms with Gasteiger partial charge in [0.2, 0.25) is 0 Å². The first kappa shape index (κ1) is 15.2. The van der Waals surface area contributed by atoms with Crippen molar-refractivity contribution in [1.82, 2.24) is 9.78 Å². The standard InChI is InChI=1S/C16H15ClN2O2S/c1-20-16(21-2)19-14(11-5-7-12(17)8-6-11)10-13(18-19)15-4-3-9-22-15/h3-10,16H,1-2H3. The Hall–Kier alpha value is -1.66. The van der Waals surface area contributed by atoms with E-state index in [0.717, 1.165) is 21.8 Å². The van der Waals surface area contributed by atoms with Crippen molar-refractivity contribution in [3.05, 3.63) is 52.9 Å². The summed E-state index contributed by atoms with van der Waals surface area (Å²) in [6, 6.07) is 13.7. The van der Waals surface area contributed by atoms with Gasteiger partial charge in [-0.1, -0.05) is 29.8 Å². The van der Waals surface area contributed by atoms with Crippen LogP contribution in [0.15, 0.2) is 47.8 Å². The highest BCUT2D eigenvalue weighted by Crippen LogP contribution is 2.31. The van der Waals surface area contributed by atoms with Crippen LogP contribution in [0.2, 0.25) is 5.02 Å². The average molecular weight is 335 g/mol. The smallest absolute Gasteiger partial charge is 0.259 e. The zero-order chi connectivity index (χ0) is 15.5. The van der Waals surface area contributed by atoms with E-state index in [1.807, 2.05) is 47.8 Å². The van der Waals surface area contributed by atoms with Gasteiger partial charge in [-0.25, -0.2) is 4.68 Å². The van der Waals surface area contributed by atoms with E-state index >= 15 is 0 Å². The number of methoxy groups -OCH3 is 2. The van der Waals surface area contributed by atoms with Crippen LogP contribution in [0.25, 0.3) is 21.8 Å². The van der Waals surface area contributed by atoms with Gasteiger partial charge in [0.15, 0.2) is 0 Å². The van der Waals surface area contributed by atoms with Gasteiger partial charge >= 0.3 is 0 Å². The summed E-state index contributed by atoms with van der Waals surface area (Å²) in [4.78, 5) is 1.10. The van der Waals surface area contributed by atoms with E-state index < -0.39 is 6.41 Å². The third-order valence-electron chi connectivity index (χ3n) is 3.25. The number of aromatic nitrogens is 2. The molecular weight excluding hydrogens is 320 g/mol. The number of ether oxygens (including phenoxy) is 2. The zero-order valence-electron chi connectivity index (χ0n) is 12.2. The third kappa shape index (κ3) is 2.94. The lowest BCUT2D eigenvalue weighted by molar-refractivity contribution is -0.161. The van der Waals surface area contributed by atoms with Gasteiger partial charge in [-0.3, -0.25) is 0 Å². The Labute approximate surface area is 137 Å². The quantitative estimate of drug-likeness (QED) is 0.635. The lowest BCUT2D eigenvalue weighted by Crippen LogP contribution is -2.15. The maximum absolute atomic E-state index is 5.97. The first-order valence-corrected chi connectivity index (χ1v) is 7.93. The van der Waals surface area contributed by atoms with Crippen molar-refractivity contribution in [1.29, 1.82) is 0 Å². The van der Waals surface area contributed by atoms with Crippen molar-refractivity contribution in [3.8, 4) is 21.8 Å². The largest absolute Gasteiger partial charge is 0.337 e. The molecule has 2 heterocycles. The molecule has 0 spiro atoms. The number of hydrogen-bond donors (Lipinski definition) is 0. The molecule has 0 aliphatic rings. The van der Waals surface area contributed by atoms with E-state index in [0.29, 0.717) is 5.02 Å². The second-order valence-electron chi connectivity index (χ2n) is 4.62. The van der Waals surface area contributed by atoms with Gasteiger partial charge in [-0.2, -0.15) is 5.10 Å². The monoisotopic (exact) mass is 334 g/mol. The van der Waals surface area contributed by atoms with Crippen LogP contribution in [0, 0.1) is 0 Å². The molecule has 0 saturated heterocycles. The van der Waals surface area contributed by atoms with Crippen LogP contribution in [0.3, 0.4) is 0 Å². The molecule has 0 aliphatic carbocycles. The van der Waals surface area contributed by atoms with Crippen LogP contribution >= 0.6 is 22.9 Å². The molecule has 0 bridgehead atoms. The summed E-state index contributed by atoms with van der Waals surface area (Å²) in [7, 11) is 3.18. The summed E-state index contributed by atoms with van der Waals surface area (Å²) in [5, 5.41) is 7.36. The van der Waals surface area contributed by atoms with Crippen LogP contribution in [-0.4, -0.2) is 24.0 Å². The Morgan fingerprint density at radius 2 is 1.86 bits per heavy atom. The zero-order valence-corrected chi connectivity index (χ0v) is 13.8. The number of nitrogens with zero attached hydrogens (tertiary/aromatic N) is 2. The summed E-state index contributed by atoms with van der Waals surface area (Å²) in [5.74, 6) is 0. The molecule has 22 heavy (non-hydrogen) atoms. The fourth-order valence-electron chi connectivity index (χ4n) is 2.23. The Morgan fingerprint density at radius 3 is 2.45 bits per heavy atom. The Balaban J connectivity index is 2.11. The van der Waals surface area contributed by atoms with E-state index in [-0.39, 0.29) is 0 Å². The van der Waals surface area contributed by atoms with Crippen molar-refractivity contribution in [3.63, 3.8) is 0 Å². The van der Waals surface area contributed by atoms with E-state index in [2.05, 4.69) is 5.10 Å². The molecule has 0 atom stereocenters. The highest BCUT2D eigenvalue weighted by Gasteiger charge is 2.18. The minimum absolute atomic E-state index is 0.584. The molecule has 2 aromatic heterocycles. The average Bonchev–Trinajstić information content (AvgIpc) is 3.18. The van der Waals surface area contributed by atoms with Crippen molar-refractivity contribution in [2.75, 3.05) is 14.2 Å². The molecule has 3 rings (SSSR count). The topological polar surface area (TPSA) is 36.3 Å². The molecule has 4 nitrogen and oxygen atoms in total.